The molecule has 8 unspecified atom stereocenters. The number of benzene rings is 4. The molecule has 6 aliphatic rings. The first kappa shape index (κ1) is 49.8. The number of hydrogen-bond acceptors (Lipinski definition) is 2. The number of rotatable bonds is 12. The summed E-state index contributed by atoms with van der Waals surface area (Å²) in [6.45, 7) is 7.91. The van der Waals surface area contributed by atoms with Gasteiger partial charge >= 0.3 is 0 Å². The first-order valence-corrected chi connectivity index (χ1v) is 26.3. The van der Waals surface area contributed by atoms with Crippen molar-refractivity contribution in [1.82, 2.24) is 19.9 Å². The van der Waals surface area contributed by atoms with Gasteiger partial charge in [0.2, 0.25) is 0 Å². The Morgan fingerprint density at radius 3 is 0.776 bits per heavy atom. The molecule has 6 aliphatic heterocycles. The van der Waals surface area contributed by atoms with Gasteiger partial charge in [0.1, 0.15) is 29.1 Å². The standard InChI is InChI=1S/C60H46B12N4/c1-53(61)57(65,69-53)29-33-5-13-37(14-6-33)49-41-21-23-43(73-41)50(38-15-7-34(8-16-38)30-58(66)54(2,62)70-58)45-25-27-47(75-45)52(40-19-11-36(12-20-40)32-60(68)56(4,64)72-60)48-28-26-46(76-48)51(44-24-22-42(49)74-44)39-17-9-35(10-18-39)31-59(67)55(3,63)71-59/h5-28,73-74H,29-32H2,1-4H3. The minimum absolute atomic E-state index is 0.506. The third kappa shape index (κ3) is 8.53. The van der Waals surface area contributed by atoms with Crippen LogP contribution in [0.15, 0.2) is 121 Å². The summed E-state index contributed by atoms with van der Waals surface area (Å²) in [5.41, 5.74) is 19.0. The summed E-state index contributed by atoms with van der Waals surface area (Å²) < 4.78 is 0. The van der Waals surface area contributed by atoms with Crippen LogP contribution in [-0.2, 0) is 25.7 Å². The van der Waals surface area contributed by atoms with E-state index in [9.17, 15) is 0 Å². The van der Waals surface area contributed by atoms with E-state index in [1.54, 1.807) is 0 Å². The molecule has 0 saturated carbocycles. The molecule has 20 radical (unpaired) electrons. The first-order valence-electron chi connectivity index (χ1n) is 26.3. The third-order valence-electron chi connectivity index (χ3n) is 17.6. The van der Waals surface area contributed by atoms with Crippen molar-refractivity contribution < 1.29 is 0 Å². The van der Waals surface area contributed by atoms with Crippen molar-refractivity contribution in [3.8, 4) is 44.5 Å². The number of H-pyrrole nitrogens is 2. The summed E-state index contributed by atoms with van der Waals surface area (Å²) in [6, 6.07) is 43.1. The van der Waals surface area contributed by atoms with Gasteiger partial charge < -0.3 is 9.97 Å². The van der Waals surface area contributed by atoms with Crippen molar-refractivity contribution >= 4 is 138 Å². The van der Waals surface area contributed by atoms with Crippen LogP contribution in [0.25, 0.3) is 90.9 Å². The lowest BCUT2D eigenvalue weighted by Crippen LogP contribution is -2.04. The lowest BCUT2D eigenvalue weighted by molar-refractivity contribution is 0.787. The summed E-state index contributed by atoms with van der Waals surface area (Å²) in [7, 11) is 60.7. The van der Waals surface area contributed by atoms with Crippen LogP contribution in [0.1, 0.15) is 72.7 Å². The average Bonchev–Trinajstić information content (AvgIpc) is 3.94. The van der Waals surface area contributed by atoms with Crippen LogP contribution in [0.3, 0.4) is 0 Å². The second-order valence-electron chi connectivity index (χ2n) is 23.9. The highest BCUT2D eigenvalue weighted by atomic mass is 14.8. The predicted molar refractivity (Wildman–Crippen MR) is 329 cm³/mol. The smallest absolute Gasteiger partial charge is 0.102 e. The topological polar surface area (TPSA) is 57.4 Å². The van der Waals surface area contributed by atoms with Crippen molar-refractivity contribution in [1.29, 1.82) is 0 Å². The lowest BCUT2D eigenvalue weighted by Gasteiger charge is -2.17. The fraction of sp³-hybridized carbons (Fsp3) is 0.267. The van der Waals surface area contributed by atoms with Crippen LogP contribution >= 0.6 is 0 Å². The Morgan fingerprint density at radius 2 is 0.526 bits per heavy atom. The number of aromatic amines is 2. The maximum Gasteiger partial charge on any atom is 0.102 e. The highest BCUT2D eigenvalue weighted by Crippen LogP contribution is 2.67. The van der Waals surface area contributed by atoms with Crippen molar-refractivity contribution in [3.63, 3.8) is 0 Å². The molecule has 0 spiro atoms. The second kappa shape index (κ2) is 16.9. The highest BCUT2D eigenvalue weighted by molar-refractivity contribution is 6.82. The van der Waals surface area contributed by atoms with Crippen molar-refractivity contribution in [2.24, 2.45) is 0 Å². The fourth-order valence-corrected chi connectivity index (χ4v) is 11.9. The second-order valence-corrected chi connectivity index (χ2v) is 23.9. The van der Waals surface area contributed by atoms with Gasteiger partial charge in [0, 0.05) is 44.3 Å². The molecule has 7 aromatic rings. The van der Waals surface area contributed by atoms with Gasteiger partial charge in [-0.3, -0.25) is 0 Å². The average molecular weight is 953 g/mol. The number of fused-ring (bicyclic) bond motifs is 8. The number of aromatic nitrogens is 4. The van der Waals surface area contributed by atoms with Gasteiger partial charge in [-0.15, -0.1) is 20.9 Å². The normalized spacial score (nSPS) is 30.2. The molecule has 0 aliphatic carbocycles. The summed E-state index contributed by atoms with van der Waals surface area (Å²) in [5.74, 6) is 0. The van der Waals surface area contributed by atoms with Crippen molar-refractivity contribution in [3.05, 3.63) is 166 Å². The molecular formula is C60H46B12N4. The summed E-state index contributed by atoms with van der Waals surface area (Å²) in [4.78, 5) is 18.9. The van der Waals surface area contributed by atoms with Gasteiger partial charge in [0.05, 0.1) is 85.5 Å². The molecule has 4 nitrogen and oxygen atoms in total. The maximum atomic E-state index is 6.71. The van der Waals surface area contributed by atoms with Crippen LogP contribution in [0, 0.1) is 0 Å². The van der Waals surface area contributed by atoms with Gasteiger partial charge in [-0.2, -0.15) is 0 Å². The third-order valence-corrected chi connectivity index (χ3v) is 17.6. The van der Waals surface area contributed by atoms with Crippen LogP contribution in [-0.4, -0.2) is 112 Å². The number of hydrogen-bond donors (Lipinski definition) is 2. The van der Waals surface area contributed by atoms with Crippen LogP contribution < -0.4 is 0 Å². The summed E-state index contributed by atoms with van der Waals surface area (Å²) in [6.07, 6.45) is 11.0. The Labute approximate surface area is 461 Å². The van der Waals surface area contributed by atoms with E-state index in [1.165, 1.54) is 0 Å². The van der Waals surface area contributed by atoms with E-state index in [1.807, 2.05) is 56.8 Å². The van der Waals surface area contributed by atoms with E-state index in [-0.39, 0.29) is 0 Å². The van der Waals surface area contributed by atoms with E-state index in [4.69, 9.17) is 72.7 Å². The Bertz CT molecular complexity index is 3610. The van der Waals surface area contributed by atoms with Gasteiger partial charge in [-0.25, -0.2) is 9.97 Å². The molecule has 4 fully saturated rings. The minimum atomic E-state index is -0.557. The van der Waals surface area contributed by atoms with E-state index >= 15 is 0 Å². The fourth-order valence-electron chi connectivity index (χ4n) is 11.9. The molecule has 8 bridgehead atoms. The molecule has 342 valence electrons. The Morgan fingerprint density at radius 1 is 0.316 bits per heavy atom. The molecule has 2 N–H and O–H groups in total. The molecular weight excluding hydrogens is 906 g/mol. The molecule has 13 rings (SSSR count). The zero-order valence-electron chi connectivity index (χ0n) is 43.5. The van der Waals surface area contributed by atoms with Gasteiger partial charge in [-0.1, -0.05) is 146 Å². The van der Waals surface area contributed by atoms with Crippen LogP contribution in [0.4, 0.5) is 0 Å². The monoisotopic (exact) mass is 954 g/mol. The van der Waals surface area contributed by atoms with E-state index in [0.717, 1.165) is 112 Å². The van der Waals surface area contributed by atoms with Gasteiger partial charge in [0.25, 0.3) is 0 Å². The molecule has 16 heteroatoms. The van der Waals surface area contributed by atoms with Crippen LogP contribution in [0.2, 0.25) is 41.7 Å². The Hall–Kier alpha value is -5.74. The predicted octanol–water partition coefficient (Wildman–Crippen LogP) is 10.7. The first-order chi connectivity index (χ1) is 35.9. The molecule has 76 heavy (non-hydrogen) atoms. The molecule has 4 saturated heterocycles. The van der Waals surface area contributed by atoms with Gasteiger partial charge in [0.15, 0.2) is 0 Å². The van der Waals surface area contributed by atoms with Gasteiger partial charge in [-0.05, 0) is 119 Å². The number of nitrogens with zero attached hydrogens (tertiary/aromatic N) is 2. The zero-order valence-corrected chi connectivity index (χ0v) is 43.5. The van der Waals surface area contributed by atoms with E-state index < -0.39 is 41.7 Å². The molecule has 0 amide bonds. The lowest BCUT2D eigenvalue weighted by atomic mass is 9.65. The summed E-state index contributed by atoms with van der Waals surface area (Å²) >= 11 is 0. The molecule has 4 aromatic carbocycles. The van der Waals surface area contributed by atoms with Crippen molar-refractivity contribution in [2.45, 2.75) is 95.1 Å². The van der Waals surface area contributed by atoms with E-state index in [0.29, 0.717) is 25.7 Å². The zero-order chi connectivity index (χ0) is 53.0. The maximum absolute atomic E-state index is 6.71. The van der Waals surface area contributed by atoms with E-state index in [2.05, 4.69) is 156 Å². The van der Waals surface area contributed by atoms with Crippen molar-refractivity contribution in [2.75, 3.05) is 0 Å². The molecule has 3 aromatic heterocycles. The number of nitrogens with one attached hydrogen (secondary N) is 2. The largest absolute Gasteiger partial charge is 0.354 e. The quantitative estimate of drug-likeness (QED) is 0.120. The Balaban J connectivity index is 1.03. The molecule has 8 atom stereocenters. The summed E-state index contributed by atoms with van der Waals surface area (Å²) in [5, 5.41) is -4.25. The molecule has 9 heterocycles. The minimum Gasteiger partial charge on any atom is -0.354 e. The van der Waals surface area contributed by atoms with Crippen LogP contribution in [0.5, 0.6) is 0 Å². The Kier molecular flexibility index (Phi) is 11.1. The highest BCUT2D eigenvalue weighted by Gasteiger charge is 2.58. The SMILES string of the molecule is [B]C1(C)[B]C1([B])Cc1ccc(-c2c3nc(c(-c4ccc(CC5([B])[B]C5([B])C)cc4)c4ccc([nH]4)c(-c4ccc(CC5([B])[B]C5([B])C)cc4)c4ccc([nH]4)c(-c4ccc(CC5([B])[B]C5([B])C)cc4)c4nc2C=C4)C=C3)cc1.